The molecular weight excluding hydrogens is 361 g/mol. The van der Waals surface area contributed by atoms with Gasteiger partial charge in [0, 0.05) is 5.69 Å². The first-order valence-corrected chi connectivity index (χ1v) is 8.42. The van der Waals surface area contributed by atoms with Crippen molar-refractivity contribution in [2.45, 2.75) is 24.4 Å². The lowest BCUT2D eigenvalue weighted by Crippen LogP contribution is -2.24. The maximum absolute atomic E-state index is 13.3. The van der Waals surface area contributed by atoms with Gasteiger partial charge in [0.05, 0.1) is 17.5 Å². The monoisotopic (exact) mass is 377 g/mol. The molecule has 1 aromatic heterocycles. The van der Waals surface area contributed by atoms with Crippen molar-refractivity contribution < 1.29 is 9.13 Å². The molecule has 0 amide bonds. The maximum atomic E-state index is 13.3. The van der Waals surface area contributed by atoms with E-state index in [2.05, 4.69) is 22.8 Å². The van der Waals surface area contributed by atoms with E-state index in [-0.39, 0.29) is 5.82 Å². The summed E-state index contributed by atoms with van der Waals surface area (Å²) in [5.41, 5.74) is 1.18. The maximum Gasteiger partial charge on any atom is 0.192 e. The van der Waals surface area contributed by atoms with E-state index >= 15 is 0 Å². The van der Waals surface area contributed by atoms with Crippen LogP contribution in [-0.2, 0) is 5.41 Å². The Bertz CT molecular complexity index is 909. The van der Waals surface area contributed by atoms with E-state index in [1.807, 2.05) is 26.0 Å². The standard InChI is InChI=1S/C18H17ClFN3OS/c1-18(2,11-4-9-14(19)15(10-11)24-3)16-21-22-17(25)23(16)13-7-5-12(20)6-8-13/h4-10H,1-3H3,(H,22,25). The Kier molecular flexibility index (Phi) is 4.75. The number of hydrogen-bond acceptors (Lipinski definition) is 4. The molecule has 4 nitrogen and oxygen atoms in total. The molecule has 2 aromatic carbocycles. The van der Waals surface area contributed by atoms with E-state index in [0.717, 1.165) is 11.3 Å². The van der Waals surface area contributed by atoms with E-state index in [0.29, 0.717) is 21.8 Å². The van der Waals surface area contributed by atoms with Crippen LogP contribution in [0.3, 0.4) is 0 Å². The van der Waals surface area contributed by atoms with Crippen LogP contribution in [0.25, 0.3) is 5.69 Å². The molecule has 0 unspecified atom stereocenters. The third kappa shape index (κ3) is 3.24. The molecule has 0 bridgehead atoms. The van der Waals surface area contributed by atoms with Gasteiger partial charge in [-0.25, -0.2) is 4.39 Å². The van der Waals surface area contributed by atoms with Crippen LogP contribution in [0.1, 0.15) is 25.2 Å². The molecule has 0 saturated carbocycles. The molecule has 25 heavy (non-hydrogen) atoms. The van der Waals surface area contributed by atoms with Gasteiger partial charge in [-0.2, -0.15) is 0 Å². The second-order valence-electron chi connectivity index (χ2n) is 6.11. The van der Waals surface area contributed by atoms with Gasteiger partial charge in [0.15, 0.2) is 5.16 Å². The molecular formula is C18H17ClFN3OS. The Morgan fingerprint density at radius 1 is 1.12 bits per heavy atom. The first-order valence-electron chi connectivity index (χ1n) is 7.59. The summed E-state index contributed by atoms with van der Waals surface area (Å²) in [6.45, 7) is 4.04. The number of methoxy groups -OCH3 is 1. The molecule has 7 heteroatoms. The highest BCUT2D eigenvalue weighted by molar-refractivity contribution is 7.80. The zero-order chi connectivity index (χ0) is 18.2. The predicted octanol–water partition coefficient (Wildman–Crippen LogP) is 4.68. The first-order chi connectivity index (χ1) is 11.8. The number of hydrogen-bond donors (Lipinski definition) is 1. The molecule has 0 aliphatic rings. The van der Waals surface area contributed by atoms with Crippen LogP contribution in [0.5, 0.6) is 5.75 Å². The lowest BCUT2D eigenvalue weighted by Gasteiger charge is -2.26. The van der Waals surface area contributed by atoms with Gasteiger partial charge in [-0.15, -0.1) is 22.8 Å². The van der Waals surface area contributed by atoms with Crippen LogP contribution < -0.4 is 4.74 Å². The summed E-state index contributed by atoms with van der Waals surface area (Å²) >= 11 is 10.5. The molecule has 0 N–H and O–H groups in total. The van der Waals surface area contributed by atoms with Crippen molar-refractivity contribution >= 4 is 24.2 Å². The quantitative estimate of drug-likeness (QED) is 0.671. The minimum Gasteiger partial charge on any atom is -0.495 e. The molecule has 0 aliphatic carbocycles. The van der Waals surface area contributed by atoms with E-state index in [1.165, 1.54) is 12.1 Å². The number of ether oxygens (including phenoxy) is 1. The van der Waals surface area contributed by atoms with Crippen molar-refractivity contribution in [1.29, 1.82) is 0 Å². The van der Waals surface area contributed by atoms with Crippen molar-refractivity contribution in [3.8, 4) is 11.4 Å². The number of rotatable bonds is 4. The normalized spacial score (nSPS) is 11.6. The zero-order valence-corrected chi connectivity index (χ0v) is 15.6. The summed E-state index contributed by atoms with van der Waals surface area (Å²) in [6.07, 6.45) is 0. The van der Waals surface area contributed by atoms with Gasteiger partial charge in [0.25, 0.3) is 0 Å². The summed E-state index contributed by atoms with van der Waals surface area (Å²) in [7, 11) is 1.57. The van der Waals surface area contributed by atoms with Gasteiger partial charge >= 0.3 is 0 Å². The molecule has 0 spiro atoms. The average Bonchev–Trinajstić information content (AvgIpc) is 2.98. The smallest absolute Gasteiger partial charge is 0.192 e. The highest BCUT2D eigenvalue weighted by Gasteiger charge is 2.31. The lowest BCUT2D eigenvalue weighted by molar-refractivity contribution is 0.413. The number of aromatic nitrogens is 3. The molecule has 130 valence electrons. The van der Waals surface area contributed by atoms with Gasteiger partial charge in [-0.05, 0) is 55.8 Å². The SMILES string of the molecule is COc1cc(C(C)(C)c2nnc(S)n2-c2ccc(F)cc2)ccc1Cl. The predicted molar refractivity (Wildman–Crippen MR) is 98.7 cm³/mol. The van der Waals surface area contributed by atoms with Crippen LogP contribution in [-0.4, -0.2) is 21.9 Å². The van der Waals surface area contributed by atoms with Crippen LogP contribution in [0.2, 0.25) is 5.02 Å². The Morgan fingerprint density at radius 3 is 2.44 bits per heavy atom. The number of benzene rings is 2. The first kappa shape index (κ1) is 17.8. The van der Waals surface area contributed by atoms with E-state index in [1.54, 1.807) is 29.9 Å². The van der Waals surface area contributed by atoms with Gasteiger partial charge < -0.3 is 4.74 Å². The van der Waals surface area contributed by atoms with E-state index in [9.17, 15) is 4.39 Å². The molecule has 0 fully saturated rings. The summed E-state index contributed by atoms with van der Waals surface area (Å²) in [5.74, 6) is 0.959. The number of thiol groups is 1. The highest BCUT2D eigenvalue weighted by Crippen LogP contribution is 2.36. The van der Waals surface area contributed by atoms with Gasteiger partial charge in [-0.1, -0.05) is 17.7 Å². The minimum absolute atomic E-state index is 0.305. The average molecular weight is 378 g/mol. The fourth-order valence-electron chi connectivity index (χ4n) is 2.69. The van der Waals surface area contributed by atoms with Crippen LogP contribution in [0.15, 0.2) is 47.6 Å². The van der Waals surface area contributed by atoms with E-state index < -0.39 is 5.41 Å². The second kappa shape index (κ2) is 6.69. The zero-order valence-electron chi connectivity index (χ0n) is 14.0. The summed E-state index contributed by atoms with van der Waals surface area (Å²) in [5, 5.41) is 9.37. The summed E-state index contributed by atoms with van der Waals surface area (Å²) in [4.78, 5) is 0. The Labute approximate surface area is 156 Å². The molecule has 1 heterocycles. The van der Waals surface area contributed by atoms with Crippen molar-refractivity contribution in [2.75, 3.05) is 7.11 Å². The third-order valence-corrected chi connectivity index (χ3v) is 4.76. The van der Waals surface area contributed by atoms with Crippen LogP contribution >= 0.6 is 24.2 Å². The molecule has 3 rings (SSSR count). The largest absolute Gasteiger partial charge is 0.495 e. The van der Waals surface area contributed by atoms with Gasteiger partial charge in [0.2, 0.25) is 0 Å². The van der Waals surface area contributed by atoms with Crippen LogP contribution in [0, 0.1) is 5.82 Å². The highest BCUT2D eigenvalue weighted by atomic mass is 35.5. The van der Waals surface area contributed by atoms with Crippen LogP contribution in [0.4, 0.5) is 4.39 Å². The number of halogens is 2. The fourth-order valence-corrected chi connectivity index (χ4v) is 3.14. The molecule has 0 saturated heterocycles. The molecule has 3 aromatic rings. The van der Waals surface area contributed by atoms with Gasteiger partial charge in [-0.3, -0.25) is 4.57 Å². The van der Waals surface area contributed by atoms with E-state index in [4.69, 9.17) is 16.3 Å². The van der Waals surface area contributed by atoms with Crippen molar-refractivity contribution in [2.24, 2.45) is 0 Å². The van der Waals surface area contributed by atoms with Crippen molar-refractivity contribution in [1.82, 2.24) is 14.8 Å². The third-order valence-electron chi connectivity index (χ3n) is 4.16. The molecule has 0 atom stereocenters. The molecule has 0 aliphatic heterocycles. The molecule has 0 radical (unpaired) electrons. The van der Waals surface area contributed by atoms with Crippen molar-refractivity contribution in [3.05, 3.63) is 64.7 Å². The Hall–Kier alpha value is -2.05. The topological polar surface area (TPSA) is 39.9 Å². The second-order valence-corrected chi connectivity index (χ2v) is 6.92. The lowest BCUT2D eigenvalue weighted by atomic mass is 9.83. The Morgan fingerprint density at radius 2 is 1.80 bits per heavy atom. The van der Waals surface area contributed by atoms with Crippen molar-refractivity contribution in [3.63, 3.8) is 0 Å². The minimum atomic E-state index is -0.514. The fraction of sp³-hybridized carbons (Fsp3) is 0.222. The summed E-state index contributed by atoms with van der Waals surface area (Å²) in [6, 6.07) is 11.7. The summed E-state index contributed by atoms with van der Waals surface area (Å²) < 4.78 is 20.4. The number of nitrogens with zero attached hydrogens (tertiary/aromatic N) is 3. The van der Waals surface area contributed by atoms with Gasteiger partial charge in [0.1, 0.15) is 17.4 Å². The Balaban J connectivity index is 2.14.